The van der Waals surface area contributed by atoms with Gasteiger partial charge < -0.3 is 9.47 Å². The van der Waals surface area contributed by atoms with Crippen molar-refractivity contribution in [3.8, 4) is 11.1 Å². The second-order valence-corrected chi connectivity index (χ2v) is 11.4. The summed E-state index contributed by atoms with van der Waals surface area (Å²) in [5, 5.41) is 5.20. The van der Waals surface area contributed by atoms with Gasteiger partial charge >= 0.3 is 0 Å². The van der Waals surface area contributed by atoms with Crippen LogP contribution in [0.5, 0.6) is 0 Å². The van der Waals surface area contributed by atoms with Gasteiger partial charge in [-0.3, -0.25) is 14.3 Å². The third kappa shape index (κ3) is 6.01. The van der Waals surface area contributed by atoms with E-state index in [1.807, 2.05) is 41.8 Å². The fourth-order valence-corrected chi connectivity index (χ4v) is 5.11. The Morgan fingerprint density at radius 1 is 1.05 bits per heavy atom. The van der Waals surface area contributed by atoms with Crippen molar-refractivity contribution in [3.63, 3.8) is 0 Å². The van der Waals surface area contributed by atoms with Crippen LogP contribution in [-0.4, -0.2) is 49.0 Å². The molecular formula is C32H40FN5O2. The number of benzene rings is 1. The highest BCUT2D eigenvalue weighted by atomic mass is 19.1. The van der Waals surface area contributed by atoms with Crippen molar-refractivity contribution in [1.82, 2.24) is 24.2 Å². The van der Waals surface area contributed by atoms with Gasteiger partial charge in [0, 0.05) is 48.5 Å². The maximum Gasteiger partial charge on any atom is 0.272 e. The van der Waals surface area contributed by atoms with Gasteiger partial charge in [0.15, 0.2) is 5.78 Å². The average Bonchev–Trinajstić information content (AvgIpc) is 3.56. The molecule has 1 amide bonds. The van der Waals surface area contributed by atoms with Crippen LogP contribution in [0.15, 0.2) is 48.9 Å². The van der Waals surface area contributed by atoms with Gasteiger partial charge in [0.2, 0.25) is 0 Å². The first-order valence-electron chi connectivity index (χ1n) is 14.1. The lowest BCUT2D eigenvalue weighted by atomic mass is 9.96. The molecule has 0 bridgehead atoms. The van der Waals surface area contributed by atoms with Crippen molar-refractivity contribution >= 4 is 22.7 Å². The molecule has 8 heteroatoms. The zero-order valence-electron chi connectivity index (χ0n) is 24.7. The molecule has 1 aliphatic rings. The Kier molecular flexibility index (Phi) is 8.57. The van der Waals surface area contributed by atoms with Crippen molar-refractivity contribution in [2.45, 2.75) is 73.4 Å². The summed E-state index contributed by atoms with van der Waals surface area (Å²) in [7, 11) is 0. The highest BCUT2D eigenvalue weighted by Gasteiger charge is 2.27. The van der Waals surface area contributed by atoms with Crippen LogP contribution in [0.2, 0.25) is 0 Å². The molecule has 1 saturated heterocycles. The molecule has 3 aromatic heterocycles. The number of aryl methyl sites for hydroxylation is 1. The molecule has 0 N–H and O–H groups in total. The Balaban J connectivity index is 0.00000181. The van der Waals surface area contributed by atoms with E-state index in [0.717, 1.165) is 35.9 Å². The van der Waals surface area contributed by atoms with Crippen LogP contribution < -0.4 is 0 Å². The number of Topliss-reactive ketones (excluding diaryl/α,β-unsaturated/α-hetero) is 1. The zero-order chi connectivity index (χ0) is 29.2. The Labute approximate surface area is 236 Å². The molecule has 1 fully saturated rings. The predicted octanol–water partition coefficient (Wildman–Crippen LogP) is 6.88. The van der Waals surface area contributed by atoms with E-state index in [1.165, 1.54) is 0 Å². The number of halogens is 1. The molecule has 1 aromatic carbocycles. The standard InChI is InChI=1S/C30H34FN5O2.C2H6/c1-19-6-7-22(14-26(19)31)25-18-36(30(3,4)5)28-24(25)8-9-27(33-28)29(38)34-12-10-21(11-13-34)16-35-17-23(15-32-35)20(2)37;1-2/h6-9,14-15,17-18,21H,10-13,16H2,1-5H3;1-2H3. The molecule has 4 aromatic rings. The molecule has 40 heavy (non-hydrogen) atoms. The van der Waals surface area contributed by atoms with Gasteiger partial charge in [0.25, 0.3) is 5.91 Å². The number of nitrogens with zero attached hydrogens (tertiary/aromatic N) is 5. The Morgan fingerprint density at radius 3 is 2.35 bits per heavy atom. The minimum atomic E-state index is -0.276. The van der Waals surface area contributed by atoms with E-state index in [2.05, 4.69) is 30.4 Å². The number of aromatic nitrogens is 4. The molecular weight excluding hydrogens is 505 g/mol. The van der Waals surface area contributed by atoms with Gasteiger partial charge in [-0.05, 0) is 82.7 Å². The minimum Gasteiger partial charge on any atom is -0.337 e. The largest absolute Gasteiger partial charge is 0.337 e. The molecule has 7 nitrogen and oxygen atoms in total. The molecule has 0 spiro atoms. The van der Waals surface area contributed by atoms with Crippen LogP contribution in [0.25, 0.3) is 22.2 Å². The molecule has 0 radical (unpaired) electrons. The van der Waals surface area contributed by atoms with Gasteiger partial charge in [0.05, 0.1) is 11.8 Å². The number of rotatable bonds is 5. The SMILES string of the molecule is CC.CC(=O)c1cnn(CC2CCN(C(=O)c3ccc4c(-c5ccc(C)c(F)c5)cn(C(C)(C)C)c4n3)CC2)c1. The van der Waals surface area contributed by atoms with E-state index in [1.54, 1.807) is 44.4 Å². The molecule has 212 valence electrons. The summed E-state index contributed by atoms with van der Waals surface area (Å²) in [6.45, 7) is 15.6. The van der Waals surface area contributed by atoms with E-state index < -0.39 is 0 Å². The number of amides is 1. The van der Waals surface area contributed by atoms with Crippen molar-refractivity contribution in [3.05, 3.63) is 71.6 Å². The number of carbonyl (C=O) groups excluding carboxylic acids is 2. The number of ketones is 1. The molecule has 0 aliphatic carbocycles. The molecule has 5 rings (SSSR count). The average molecular weight is 546 g/mol. The molecule has 0 saturated carbocycles. The number of likely N-dealkylation sites (tertiary alicyclic amines) is 1. The second-order valence-electron chi connectivity index (χ2n) is 11.4. The lowest BCUT2D eigenvalue weighted by Crippen LogP contribution is -2.39. The van der Waals surface area contributed by atoms with E-state index in [4.69, 9.17) is 4.98 Å². The highest BCUT2D eigenvalue weighted by molar-refractivity contribution is 5.99. The summed E-state index contributed by atoms with van der Waals surface area (Å²) in [6.07, 6.45) is 7.14. The lowest BCUT2D eigenvalue weighted by Gasteiger charge is -2.31. The third-order valence-electron chi connectivity index (χ3n) is 7.46. The molecule has 0 atom stereocenters. The predicted molar refractivity (Wildman–Crippen MR) is 157 cm³/mol. The van der Waals surface area contributed by atoms with Crippen LogP contribution >= 0.6 is 0 Å². The number of hydrogen-bond acceptors (Lipinski definition) is 4. The van der Waals surface area contributed by atoms with E-state index >= 15 is 0 Å². The number of pyridine rings is 1. The topological polar surface area (TPSA) is 73.0 Å². The fraction of sp³-hybridized carbons (Fsp3) is 0.438. The zero-order valence-corrected chi connectivity index (χ0v) is 24.7. The summed E-state index contributed by atoms with van der Waals surface area (Å²) in [5.74, 6) is 0.0868. The van der Waals surface area contributed by atoms with Crippen LogP contribution in [0.4, 0.5) is 4.39 Å². The minimum absolute atomic E-state index is 0.0110. The fourth-order valence-electron chi connectivity index (χ4n) is 5.11. The number of piperidine rings is 1. The monoisotopic (exact) mass is 545 g/mol. The van der Waals surface area contributed by atoms with Gasteiger partial charge in [-0.1, -0.05) is 26.0 Å². The van der Waals surface area contributed by atoms with Crippen molar-refractivity contribution in [2.75, 3.05) is 13.1 Å². The smallest absolute Gasteiger partial charge is 0.272 e. The quantitative estimate of drug-likeness (QED) is 0.256. The second kappa shape index (κ2) is 11.7. The maximum atomic E-state index is 14.4. The maximum absolute atomic E-state index is 14.4. The van der Waals surface area contributed by atoms with Crippen LogP contribution in [0.3, 0.4) is 0 Å². The van der Waals surface area contributed by atoms with E-state index in [-0.39, 0.29) is 23.0 Å². The number of fused-ring (bicyclic) bond motifs is 1. The highest BCUT2D eigenvalue weighted by Crippen LogP contribution is 2.34. The van der Waals surface area contributed by atoms with Crippen LogP contribution in [0, 0.1) is 18.7 Å². The van der Waals surface area contributed by atoms with Crippen molar-refractivity contribution in [2.24, 2.45) is 5.92 Å². The van der Waals surface area contributed by atoms with E-state index in [9.17, 15) is 14.0 Å². The Hall–Kier alpha value is -3.81. The number of hydrogen-bond donors (Lipinski definition) is 0. The van der Waals surface area contributed by atoms with Gasteiger partial charge in [0.1, 0.15) is 17.2 Å². The first-order chi connectivity index (χ1) is 19.0. The van der Waals surface area contributed by atoms with Gasteiger partial charge in [-0.15, -0.1) is 0 Å². The van der Waals surface area contributed by atoms with Gasteiger partial charge in [-0.2, -0.15) is 5.10 Å². The first-order valence-corrected chi connectivity index (χ1v) is 14.1. The van der Waals surface area contributed by atoms with Crippen LogP contribution in [-0.2, 0) is 12.1 Å². The van der Waals surface area contributed by atoms with Crippen molar-refractivity contribution < 1.29 is 14.0 Å². The summed E-state index contributed by atoms with van der Waals surface area (Å²) in [6, 6.07) is 8.99. The first kappa shape index (κ1) is 29.2. The lowest BCUT2D eigenvalue weighted by molar-refractivity contribution is 0.0675. The Bertz CT molecular complexity index is 1520. The van der Waals surface area contributed by atoms with E-state index in [0.29, 0.717) is 41.5 Å². The Morgan fingerprint density at radius 2 is 1.75 bits per heavy atom. The summed E-state index contributed by atoms with van der Waals surface area (Å²) in [4.78, 5) is 31.7. The molecule has 0 unspecified atom stereocenters. The molecule has 4 heterocycles. The summed E-state index contributed by atoms with van der Waals surface area (Å²) >= 11 is 0. The molecule has 1 aliphatic heterocycles. The van der Waals surface area contributed by atoms with Crippen molar-refractivity contribution in [1.29, 1.82) is 0 Å². The normalized spacial score (nSPS) is 14.2. The third-order valence-corrected chi connectivity index (χ3v) is 7.46. The van der Waals surface area contributed by atoms with Crippen LogP contribution in [0.1, 0.15) is 80.8 Å². The summed E-state index contributed by atoms with van der Waals surface area (Å²) in [5.41, 5.74) is 3.77. The van der Waals surface area contributed by atoms with Gasteiger partial charge in [-0.25, -0.2) is 9.37 Å². The number of carbonyl (C=O) groups is 2. The summed E-state index contributed by atoms with van der Waals surface area (Å²) < 4.78 is 18.3.